The zero-order valence-corrected chi connectivity index (χ0v) is 16.7. The van der Waals surface area contributed by atoms with Crippen LogP contribution < -0.4 is 20.7 Å². The van der Waals surface area contributed by atoms with Crippen molar-refractivity contribution in [2.75, 3.05) is 17.2 Å². The van der Waals surface area contributed by atoms with Crippen LogP contribution >= 0.6 is 12.2 Å². The fraction of sp³-hybridized carbons (Fsp3) is 0.450. The predicted molar refractivity (Wildman–Crippen MR) is 114 cm³/mol. The van der Waals surface area contributed by atoms with Gasteiger partial charge < -0.3 is 20.7 Å². The molecule has 7 heteroatoms. The number of hydrogen-bond donors (Lipinski definition) is 3. The van der Waals surface area contributed by atoms with E-state index in [1.807, 2.05) is 44.2 Å². The standard InChI is InChI=1S/C20H27N5OS/c1-3-26-17-11-9-16(10-12-17)22-18-13-14(2)21-19(24-18)25-20(27)23-15-7-5-4-6-8-15/h9-13,15H,3-8H2,1-2H3,(H3,21,22,23,24,25,27). The van der Waals surface area contributed by atoms with E-state index >= 15 is 0 Å². The minimum Gasteiger partial charge on any atom is -0.494 e. The van der Waals surface area contributed by atoms with Crippen LogP contribution in [0.4, 0.5) is 17.5 Å². The van der Waals surface area contributed by atoms with E-state index in [4.69, 9.17) is 17.0 Å². The lowest BCUT2D eigenvalue weighted by molar-refractivity contribution is 0.340. The third-order valence-electron chi connectivity index (χ3n) is 4.46. The Hall–Kier alpha value is -2.41. The second-order valence-electron chi connectivity index (χ2n) is 6.73. The van der Waals surface area contributed by atoms with Crippen LogP contribution in [-0.4, -0.2) is 27.7 Å². The van der Waals surface area contributed by atoms with Crippen molar-refractivity contribution in [3.05, 3.63) is 36.0 Å². The molecule has 27 heavy (non-hydrogen) atoms. The molecule has 1 aromatic heterocycles. The van der Waals surface area contributed by atoms with Crippen LogP contribution in [0, 0.1) is 6.92 Å². The maximum absolute atomic E-state index is 5.47. The molecule has 0 atom stereocenters. The summed E-state index contributed by atoms with van der Waals surface area (Å²) in [6.07, 6.45) is 6.18. The largest absolute Gasteiger partial charge is 0.494 e. The van der Waals surface area contributed by atoms with Crippen molar-refractivity contribution in [2.45, 2.75) is 52.0 Å². The van der Waals surface area contributed by atoms with Gasteiger partial charge in [0, 0.05) is 23.5 Å². The molecule has 0 spiro atoms. The van der Waals surface area contributed by atoms with Crippen LogP contribution in [-0.2, 0) is 0 Å². The smallest absolute Gasteiger partial charge is 0.231 e. The Morgan fingerprint density at radius 2 is 1.89 bits per heavy atom. The van der Waals surface area contributed by atoms with Gasteiger partial charge in [-0.1, -0.05) is 19.3 Å². The van der Waals surface area contributed by atoms with E-state index in [2.05, 4.69) is 25.9 Å². The minimum atomic E-state index is 0.449. The van der Waals surface area contributed by atoms with Crippen molar-refractivity contribution in [3.63, 3.8) is 0 Å². The molecule has 144 valence electrons. The molecule has 1 saturated carbocycles. The van der Waals surface area contributed by atoms with Crippen molar-refractivity contribution in [1.82, 2.24) is 15.3 Å². The summed E-state index contributed by atoms with van der Waals surface area (Å²) >= 11 is 5.44. The normalized spacial score (nSPS) is 14.4. The van der Waals surface area contributed by atoms with E-state index in [-0.39, 0.29) is 0 Å². The zero-order valence-electron chi connectivity index (χ0n) is 15.9. The summed E-state index contributed by atoms with van der Waals surface area (Å²) in [5, 5.41) is 10.4. The lowest BCUT2D eigenvalue weighted by atomic mass is 9.96. The van der Waals surface area contributed by atoms with Gasteiger partial charge in [-0.2, -0.15) is 4.98 Å². The average Bonchev–Trinajstić information content (AvgIpc) is 2.64. The second kappa shape index (κ2) is 9.50. The van der Waals surface area contributed by atoms with E-state index < -0.39 is 0 Å². The van der Waals surface area contributed by atoms with Gasteiger partial charge >= 0.3 is 0 Å². The number of ether oxygens (including phenoxy) is 1. The van der Waals surface area contributed by atoms with E-state index in [9.17, 15) is 0 Å². The molecule has 2 aromatic rings. The molecule has 0 amide bonds. The molecule has 0 bridgehead atoms. The van der Waals surface area contributed by atoms with Gasteiger partial charge in [-0.25, -0.2) is 4.98 Å². The highest BCUT2D eigenvalue weighted by Crippen LogP contribution is 2.21. The summed E-state index contributed by atoms with van der Waals surface area (Å²) < 4.78 is 5.47. The van der Waals surface area contributed by atoms with Crippen LogP contribution in [0.2, 0.25) is 0 Å². The van der Waals surface area contributed by atoms with Crippen LogP contribution in [0.15, 0.2) is 30.3 Å². The van der Waals surface area contributed by atoms with Crippen molar-refractivity contribution >= 4 is 34.8 Å². The van der Waals surface area contributed by atoms with Gasteiger partial charge in [0.2, 0.25) is 5.95 Å². The molecule has 0 unspecified atom stereocenters. The Bertz CT molecular complexity index is 759. The monoisotopic (exact) mass is 385 g/mol. The third kappa shape index (κ3) is 6.06. The Labute approximate surface area is 166 Å². The SMILES string of the molecule is CCOc1ccc(Nc2cc(C)nc(NC(=S)NC3CCCCC3)n2)cc1. The Morgan fingerprint density at radius 1 is 1.15 bits per heavy atom. The van der Waals surface area contributed by atoms with E-state index in [0.29, 0.717) is 23.7 Å². The molecule has 1 heterocycles. The molecule has 0 aliphatic heterocycles. The number of aromatic nitrogens is 2. The summed E-state index contributed by atoms with van der Waals surface area (Å²) in [5.41, 5.74) is 1.80. The summed E-state index contributed by atoms with van der Waals surface area (Å²) in [4.78, 5) is 8.97. The van der Waals surface area contributed by atoms with Gasteiger partial charge in [0.15, 0.2) is 5.11 Å². The third-order valence-corrected chi connectivity index (χ3v) is 4.68. The fourth-order valence-corrected chi connectivity index (χ4v) is 3.47. The summed E-state index contributed by atoms with van der Waals surface area (Å²) in [5.74, 6) is 2.06. The van der Waals surface area contributed by atoms with Crippen LogP contribution in [0.5, 0.6) is 5.75 Å². The number of hydrogen-bond acceptors (Lipinski definition) is 5. The van der Waals surface area contributed by atoms with E-state index in [1.54, 1.807) is 0 Å². The first kappa shape index (κ1) is 19.4. The molecular formula is C20H27N5OS. The van der Waals surface area contributed by atoms with Crippen molar-refractivity contribution in [2.24, 2.45) is 0 Å². The van der Waals surface area contributed by atoms with Gasteiger partial charge in [0.1, 0.15) is 11.6 Å². The Kier molecular flexibility index (Phi) is 6.81. The van der Waals surface area contributed by atoms with Crippen molar-refractivity contribution < 1.29 is 4.74 Å². The van der Waals surface area contributed by atoms with Crippen LogP contribution in [0.1, 0.15) is 44.7 Å². The summed E-state index contributed by atoms with van der Waals surface area (Å²) in [7, 11) is 0. The van der Waals surface area contributed by atoms with E-state index in [1.165, 1.54) is 32.1 Å². The summed E-state index contributed by atoms with van der Waals surface area (Å²) in [6, 6.07) is 10.1. The van der Waals surface area contributed by atoms with Gasteiger partial charge in [-0.05, 0) is 63.2 Å². The number of benzene rings is 1. The molecule has 1 aromatic carbocycles. The number of anilines is 3. The highest BCUT2D eigenvalue weighted by Gasteiger charge is 2.14. The quantitative estimate of drug-likeness (QED) is 0.630. The topological polar surface area (TPSA) is 71.1 Å². The number of nitrogens with zero attached hydrogens (tertiary/aromatic N) is 2. The number of aryl methyl sites for hydroxylation is 1. The molecule has 1 aliphatic rings. The Balaban J connectivity index is 1.62. The molecule has 3 N–H and O–H groups in total. The number of thiocarbonyl (C=S) groups is 1. The maximum Gasteiger partial charge on any atom is 0.231 e. The predicted octanol–water partition coefficient (Wildman–Crippen LogP) is 4.55. The number of rotatable bonds is 6. The molecule has 0 saturated heterocycles. The first-order valence-electron chi connectivity index (χ1n) is 9.55. The summed E-state index contributed by atoms with van der Waals surface area (Å²) in [6.45, 7) is 4.56. The van der Waals surface area contributed by atoms with Crippen LogP contribution in [0.3, 0.4) is 0 Å². The molecule has 0 radical (unpaired) electrons. The molecular weight excluding hydrogens is 358 g/mol. The van der Waals surface area contributed by atoms with Crippen molar-refractivity contribution in [3.8, 4) is 5.75 Å². The highest BCUT2D eigenvalue weighted by atomic mass is 32.1. The first-order chi connectivity index (χ1) is 13.1. The first-order valence-corrected chi connectivity index (χ1v) is 9.96. The fourth-order valence-electron chi connectivity index (χ4n) is 3.21. The average molecular weight is 386 g/mol. The van der Waals surface area contributed by atoms with E-state index in [0.717, 1.165) is 22.9 Å². The zero-order chi connectivity index (χ0) is 19.1. The van der Waals surface area contributed by atoms with Gasteiger partial charge in [-0.15, -0.1) is 0 Å². The minimum absolute atomic E-state index is 0.449. The lowest BCUT2D eigenvalue weighted by Gasteiger charge is -2.24. The maximum atomic E-state index is 5.47. The molecule has 3 rings (SSSR count). The second-order valence-corrected chi connectivity index (χ2v) is 7.14. The van der Waals surface area contributed by atoms with Gasteiger partial charge in [0.25, 0.3) is 0 Å². The molecule has 1 aliphatic carbocycles. The van der Waals surface area contributed by atoms with Gasteiger partial charge in [0.05, 0.1) is 6.61 Å². The lowest BCUT2D eigenvalue weighted by Crippen LogP contribution is -2.39. The number of nitrogens with one attached hydrogen (secondary N) is 3. The highest BCUT2D eigenvalue weighted by molar-refractivity contribution is 7.80. The molecule has 6 nitrogen and oxygen atoms in total. The van der Waals surface area contributed by atoms with Crippen molar-refractivity contribution in [1.29, 1.82) is 0 Å². The van der Waals surface area contributed by atoms with Crippen LogP contribution in [0.25, 0.3) is 0 Å². The molecule has 1 fully saturated rings. The van der Waals surface area contributed by atoms with Gasteiger partial charge in [-0.3, -0.25) is 0 Å². The Morgan fingerprint density at radius 3 is 2.59 bits per heavy atom.